The number of fused-ring (bicyclic) bond motifs is 1. The van der Waals surface area contributed by atoms with Crippen LogP contribution in [0.1, 0.15) is 70.6 Å². The molecule has 37 heavy (non-hydrogen) atoms. The van der Waals surface area contributed by atoms with E-state index >= 15 is 0 Å². The van der Waals surface area contributed by atoms with Gasteiger partial charge >= 0.3 is 0 Å². The van der Waals surface area contributed by atoms with Crippen LogP contribution in [0.15, 0.2) is 36.4 Å². The maximum Gasteiger partial charge on any atom is 0.280 e. The fourth-order valence-electron chi connectivity index (χ4n) is 5.54. The third-order valence-corrected chi connectivity index (χ3v) is 8.00. The number of likely N-dealkylation sites (N-methyl/N-ethyl adjacent to an activating group) is 1. The van der Waals surface area contributed by atoms with E-state index in [4.69, 9.17) is 28.3 Å². The number of carbonyl (C=O) groups is 1. The average Bonchev–Trinajstić information content (AvgIpc) is 3.36. The molecule has 2 aromatic carbocycles. The minimum atomic E-state index is -0.946. The van der Waals surface area contributed by atoms with Crippen molar-refractivity contribution in [2.24, 2.45) is 0 Å². The maximum absolute atomic E-state index is 14.1. The standard InChI is InChI=1S/C28H33Cl2N5O2/c1-16(2)25-23-24(31-35(25)28(37)33-12-10-32(5)11-13-33)27(36)34(22-15-20(30)7-6-17(22)3)26(23)21-9-8-19(29)14-18(21)4/h6-9,14-16,26,28,37H,10-13H2,1-5H3. The molecule has 0 spiro atoms. The summed E-state index contributed by atoms with van der Waals surface area (Å²) in [5.41, 5.74) is 5.69. The van der Waals surface area contributed by atoms with Gasteiger partial charge in [0.25, 0.3) is 5.91 Å². The molecule has 2 aliphatic rings. The molecule has 7 nitrogen and oxygen atoms in total. The van der Waals surface area contributed by atoms with Gasteiger partial charge in [-0.15, -0.1) is 0 Å². The van der Waals surface area contributed by atoms with Crippen LogP contribution in [0.4, 0.5) is 5.69 Å². The van der Waals surface area contributed by atoms with E-state index in [9.17, 15) is 9.90 Å². The van der Waals surface area contributed by atoms with Gasteiger partial charge in [-0.05, 0) is 67.8 Å². The van der Waals surface area contributed by atoms with Crippen molar-refractivity contribution in [3.8, 4) is 0 Å². The minimum Gasteiger partial charge on any atom is -0.359 e. The average molecular weight is 543 g/mol. The SMILES string of the molecule is Cc1cc(Cl)ccc1C1c2c(nn(C(O)N3CCN(C)CC3)c2C(C)C)C(=O)N1c1cc(Cl)ccc1C. The monoisotopic (exact) mass is 541 g/mol. The van der Waals surface area contributed by atoms with Gasteiger partial charge in [-0.25, -0.2) is 4.68 Å². The van der Waals surface area contributed by atoms with Crippen LogP contribution in [-0.4, -0.2) is 63.8 Å². The van der Waals surface area contributed by atoms with Crippen molar-refractivity contribution in [2.45, 2.75) is 46.0 Å². The summed E-state index contributed by atoms with van der Waals surface area (Å²) in [6.45, 7) is 11.3. The van der Waals surface area contributed by atoms with Crippen LogP contribution in [0.25, 0.3) is 0 Å². The van der Waals surface area contributed by atoms with Crippen molar-refractivity contribution in [3.05, 3.63) is 80.1 Å². The lowest BCUT2D eigenvalue weighted by Crippen LogP contribution is -2.48. The van der Waals surface area contributed by atoms with Gasteiger partial charge in [0.1, 0.15) is 0 Å². The van der Waals surface area contributed by atoms with Gasteiger partial charge in [-0.1, -0.05) is 49.2 Å². The highest BCUT2D eigenvalue weighted by molar-refractivity contribution is 6.31. The van der Waals surface area contributed by atoms with Crippen LogP contribution >= 0.6 is 23.2 Å². The summed E-state index contributed by atoms with van der Waals surface area (Å²) in [7, 11) is 2.08. The molecule has 5 rings (SSSR count). The number of piperazine rings is 1. The van der Waals surface area contributed by atoms with Crippen molar-refractivity contribution in [2.75, 3.05) is 38.1 Å². The molecule has 2 atom stereocenters. The molecule has 0 aliphatic carbocycles. The molecular formula is C28H33Cl2N5O2. The minimum absolute atomic E-state index is 0.0154. The van der Waals surface area contributed by atoms with Crippen molar-refractivity contribution in [3.63, 3.8) is 0 Å². The molecule has 2 unspecified atom stereocenters. The Morgan fingerprint density at radius 1 is 0.973 bits per heavy atom. The lowest BCUT2D eigenvalue weighted by atomic mass is 9.91. The number of hydrogen-bond donors (Lipinski definition) is 1. The summed E-state index contributed by atoms with van der Waals surface area (Å²) in [6.07, 6.45) is -0.946. The first kappa shape index (κ1) is 26.2. The van der Waals surface area contributed by atoms with Crippen LogP contribution in [0.2, 0.25) is 10.0 Å². The van der Waals surface area contributed by atoms with Crippen LogP contribution < -0.4 is 4.90 Å². The third kappa shape index (κ3) is 4.57. The molecule has 1 aromatic heterocycles. The predicted octanol–water partition coefficient (Wildman–Crippen LogP) is 5.38. The normalized spacial score (nSPS) is 19.6. The van der Waals surface area contributed by atoms with E-state index in [2.05, 4.69) is 25.8 Å². The van der Waals surface area contributed by atoms with Gasteiger partial charge in [0.05, 0.1) is 11.7 Å². The Hall–Kier alpha value is -2.42. The van der Waals surface area contributed by atoms with Crippen LogP contribution in [-0.2, 0) is 0 Å². The second kappa shape index (κ2) is 10.0. The third-order valence-electron chi connectivity index (χ3n) is 7.53. The van der Waals surface area contributed by atoms with Gasteiger partial charge in [0.15, 0.2) is 5.69 Å². The fourth-order valence-corrected chi connectivity index (χ4v) is 5.93. The van der Waals surface area contributed by atoms with Crippen LogP contribution in [0.5, 0.6) is 0 Å². The number of aryl methyl sites for hydroxylation is 2. The van der Waals surface area contributed by atoms with Gasteiger partial charge in [-0.3, -0.25) is 14.6 Å². The Balaban J connectivity index is 1.71. The number of aromatic nitrogens is 2. The lowest BCUT2D eigenvalue weighted by Gasteiger charge is -2.36. The summed E-state index contributed by atoms with van der Waals surface area (Å²) in [5, 5.41) is 17.5. The van der Waals surface area contributed by atoms with Crippen molar-refractivity contribution in [1.82, 2.24) is 19.6 Å². The van der Waals surface area contributed by atoms with Gasteiger partial charge < -0.3 is 10.0 Å². The van der Waals surface area contributed by atoms with E-state index < -0.39 is 12.4 Å². The molecule has 196 valence electrons. The molecule has 9 heteroatoms. The fraction of sp³-hybridized carbons (Fsp3) is 0.429. The molecule has 0 saturated carbocycles. The molecular weight excluding hydrogens is 509 g/mol. The lowest BCUT2D eigenvalue weighted by molar-refractivity contribution is -0.0823. The Morgan fingerprint density at radius 3 is 2.27 bits per heavy atom. The van der Waals surface area contributed by atoms with Crippen molar-refractivity contribution < 1.29 is 9.90 Å². The zero-order chi connectivity index (χ0) is 26.6. The Bertz CT molecular complexity index is 1350. The highest BCUT2D eigenvalue weighted by Gasteiger charge is 2.46. The van der Waals surface area contributed by atoms with E-state index in [1.807, 2.05) is 55.1 Å². The number of halogens is 2. The topological polar surface area (TPSA) is 64.8 Å². The van der Waals surface area contributed by atoms with Crippen LogP contribution in [0, 0.1) is 13.8 Å². The summed E-state index contributed by atoms with van der Waals surface area (Å²) in [4.78, 5) is 20.2. The summed E-state index contributed by atoms with van der Waals surface area (Å²) >= 11 is 12.7. The van der Waals surface area contributed by atoms with E-state index in [0.717, 1.165) is 59.8 Å². The molecule has 2 aliphatic heterocycles. The number of amides is 1. The molecule has 0 bridgehead atoms. The highest BCUT2D eigenvalue weighted by Crippen LogP contribution is 2.47. The number of aliphatic hydroxyl groups is 1. The number of benzene rings is 2. The zero-order valence-electron chi connectivity index (χ0n) is 21.9. The number of rotatable bonds is 5. The summed E-state index contributed by atoms with van der Waals surface area (Å²) < 4.78 is 1.67. The summed E-state index contributed by atoms with van der Waals surface area (Å²) in [6, 6.07) is 10.9. The molecule has 1 N–H and O–H groups in total. The first-order chi connectivity index (χ1) is 17.6. The van der Waals surface area contributed by atoms with Gasteiger partial charge in [0, 0.05) is 47.5 Å². The van der Waals surface area contributed by atoms with Gasteiger partial charge in [-0.2, -0.15) is 5.10 Å². The molecule has 0 radical (unpaired) electrons. The van der Waals surface area contributed by atoms with E-state index in [0.29, 0.717) is 15.7 Å². The smallest absolute Gasteiger partial charge is 0.280 e. The van der Waals surface area contributed by atoms with Crippen molar-refractivity contribution >= 4 is 34.8 Å². The molecule has 3 heterocycles. The highest BCUT2D eigenvalue weighted by atomic mass is 35.5. The quantitative estimate of drug-likeness (QED) is 0.470. The first-order valence-electron chi connectivity index (χ1n) is 12.7. The largest absolute Gasteiger partial charge is 0.359 e. The number of hydrogen-bond acceptors (Lipinski definition) is 5. The number of aliphatic hydroxyl groups excluding tert-OH is 1. The zero-order valence-corrected chi connectivity index (χ0v) is 23.4. The second-order valence-corrected chi connectivity index (χ2v) is 11.3. The van der Waals surface area contributed by atoms with Crippen molar-refractivity contribution in [1.29, 1.82) is 0 Å². The Labute approximate surface area is 228 Å². The Morgan fingerprint density at radius 2 is 1.62 bits per heavy atom. The number of carbonyl (C=O) groups excluding carboxylic acids is 1. The number of anilines is 1. The van der Waals surface area contributed by atoms with E-state index in [-0.39, 0.29) is 11.8 Å². The van der Waals surface area contributed by atoms with E-state index in [1.165, 1.54) is 0 Å². The molecule has 1 amide bonds. The Kier molecular flexibility index (Phi) is 7.11. The number of nitrogens with zero attached hydrogens (tertiary/aromatic N) is 5. The maximum atomic E-state index is 14.1. The first-order valence-corrected chi connectivity index (χ1v) is 13.4. The van der Waals surface area contributed by atoms with Crippen LogP contribution in [0.3, 0.4) is 0 Å². The predicted molar refractivity (Wildman–Crippen MR) is 148 cm³/mol. The van der Waals surface area contributed by atoms with E-state index in [1.54, 1.807) is 9.58 Å². The summed E-state index contributed by atoms with van der Waals surface area (Å²) in [5.74, 6) is -0.187. The molecule has 1 fully saturated rings. The second-order valence-electron chi connectivity index (χ2n) is 10.4. The molecule has 1 saturated heterocycles. The van der Waals surface area contributed by atoms with Gasteiger partial charge in [0.2, 0.25) is 6.35 Å². The molecule has 3 aromatic rings.